The van der Waals surface area contributed by atoms with Crippen molar-refractivity contribution in [2.75, 3.05) is 5.32 Å². The van der Waals surface area contributed by atoms with E-state index in [2.05, 4.69) is 18.3 Å². The molecular formula is C17H24N2O2. The monoisotopic (exact) mass is 288 g/mol. The molecule has 4 nitrogen and oxygen atoms in total. The topological polar surface area (TPSA) is 49.4 Å². The highest BCUT2D eigenvalue weighted by Crippen LogP contribution is 2.24. The van der Waals surface area contributed by atoms with Crippen LogP contribution in [-0.4, -0.2) is 28.8 Å². The van der Waals surface area contributed by atoms with Crippen molar-refractivity contribution in [2.24, 2.45) is 0 Å². The van der Waals surface area contributed by atoms with Crippen LogP contribution in [0.3, 0.4) is 0 Å². The maximum absolute atomic E-state index is 12.4. The molecule has 0 saturated carbocycles. The number of rotatable bonds is 6. The van der Waals surface area contributed by atoms with E-state index in [4.69, 9.17) is 0 Å². The van der Waals surface area contributed by atoms with Crippen LogP contribution in [0, 0.1) is 0 Å². The van der Waals surface area contributed by atoms with E-state index in [9.17, 15) is 9.59 Å². The van der Waals surface area contributed by atoms with Crippen molar-refractivity contribution < 1.29 is 9.59 Å². The van der Waals surface area contributed by atoms with E-state index in [1.807, 2.05) is 32.0 Å². The predicted octanol–water partition coefficient (Wildman–Crippen LogP) is 2.98. The number of carbonyl (C=O) groups is 2. The molecule has 114 valence electrons. The number of nitrogens with zero attached hydrogens (tertiary/aromatic N) is 1. The summed E-state index contributed by atoms with van der Waals surface area (Å²) in [6.07, 6.45) is 3.06. The summed E-state index contributed by atoms with van der Waals surface area (Å²) in [5.74, 6) is -0.166. The van der Waals surface area contributed by atoms with Gasteiger partial charge >= 0.3 is 0 Å². The van der Waals surface area contributed by atoms with Crippen LogP contribution in [0.2, 0.25) is 0 Å². The van der Waals surface area contributed by atoms with E-state index in [0.717, 1.165) is 24.9 Å². The van der Waals surface area contributed by atoms with Gasteiger partial charge in [-0.05, 0) is 31.4 Å². The Kier molecular flexibility index (Phi) is 4.99. The van der Waals surface area contributed by atoms with Crippen LogP contribution in [0.5, 0.6) is 0 Å². The molecule has 2 rings (SSSR count). The summed E-state index contributed by atoms with van der Waals surface area (Å²) in [4.78, 5) is 25.9. The highest BCUT2D eigenvalue weighted by atomic mass is 16.2. The molecular weight excluding hydrogens is 264 g/mol. The van der Waals surface area contributed by atoms with Crippen LogP contribution in [0.25, 0.3) is 0 Å². The maximum Gasteiger partial charge on any atom is 0.252 e. The number of imide groups is 1. The number of anilines is 1. The molecule has 1 aromatic rings. The number of benzene rings is 1. The van der Waals surface area contributed by atoms with Gasteiger partial charge in [0.05, 0.1) is 6.42 Å². The van der Waals surface area contributed by atoms with Gasteiger partial charge in [0.2, 0.25) is 5.91 Å². The molecule has 1 aliphatic rings. The third kappa shape index (κ3) is 3.26. The summed E-state index contributed by atoms with van der Waals surface area (Å²) in [5, 5.41) is 3.27. The van der Waals surface area contributed by atoms with Gasteiger partial charge in [-0.25, -0.2) is 0 Å². The lowest BCUT2D eigenvalue weighted by Gasteiger charge is -2.22. The van der Waals surface area contributed by atoms with Crippen molar-refractivity contribution in [1.82, 2.24) is 4.90 Å². The van der Waals surface area contributed by atoms with Crippen LogP contribution in [0.4, 0.5) is 5.69 Å². The molecule has 0 bridgehead atoms. The third-order valence-electron chi connectivity index (χ3n) is 4.08. The molecule has 2 unspecified atom stereocenters. The first-order valence-electron chi connectivity index (χ1n) is 7.78. The molecule has 0 radical (unpaired) electrons. The smallest absolute Gasteiger partial charge is 0.252 e. The van der Waals surface area contributed by atoms with Gasteiger partial charge in [-0.1, -0.05) is 38.5 Å². The number of para-hydroxylation sites is 1. The molecule has 1 heterocycles. The Bertz CT molecular complexity index is 527. The third-order valence-corrected chi connectivity index (χ3v) is 4.08. The summed E-state index contributed by atoms with van der Waals surface area (Å²) in [7, 11) is 0. The summed E-state index contributed by atoms with van der Waals surface area (Å²) in [6, 6.07) is 7.55. The van der Waals surface area contributed by atoms with Gasteiger partial charge in [-0.15, -0.1) is 0 Å². The fourth-order valence-corrected chi connectivity index (χ4v) is 2.75. The van der Waals surface area contributed by atoms with Crippen LogP contribution >= 0.6 is 0 Å². The second-order valence-corrected chi connectivity index (χ2v) is 5.67. The van der Waals surface area contributed by atoms with Crippen LogP contribution < -0.4 is 5.32 Å². The second-order valence-electron chi connectivity index (χ2n) is 5.67. The number of carbonyl (C=O) groups excluding carboxylic acids is 2. The van der Waals surface area contributed by atoms with Gasteiger partial charge in [0, 0.05) is 11.7 Å². The molecule has 0 aliphatic carbocycles. The molecule has 1 aliphatic heterocycles. The lowest BCUT2D eigenvalue weighted by atomic mass is 10.1. The molecule has 0 spiro atoms. The number of likely N-dealkylation sites (tertiary alicyclic amines) is 1. The fraction of sp³-hybridized carbons (Fsp3) is 0.529. The lowest BCUT2D eigenvalue weighted by Crippen LogP contribution is -2.40. The van der Waals surface area contributed by atoms with Crippen LogP contribution in [0.1, 0.15) is 45.6 Å². The number of aryl methyl sites for hydroxylation is 1. The van der Waals surface area contributed by atoms with Crippen molar-refractivity contribution in [3.63, 3.8) is 0 Å². The highest BCUT2D eigenvalue weighted by Gasteiger charge is 2.40. The van der Waals surface area contributed by atoms with Crippen molar-refractivity contribution in [3.8, 4) is 0 Å². The molecule has 4 heteroatoms. The van der Waals surface area contributed by atoms with E-state index in [1.165, 1.54) is 10.5 Å². The molecule has 1 N–H and O–H groups in total. The molecule has 0 aromatic heterocycles. The number of hydrogen-bond donors (Lipinski definition) is 1. The molecule has 2 atom stereocenters. The van der Waals surface area contributed by atoms with Crippen LogP contribution in [0.15, 0.2) is 24.3 Å². The minimum Gasteiger partial charge on any atom is -0.373 e. The summed E-state index contributed by atoms with van der Waals surface area (Å²) in [6.45, 7) is 6.04. The number of hydrogen-bond acceptors (Lipinski definition) is 3. The first-order valence-corrected chi connectivity index (χ1v) is 7.78. The average Bonchev–Trinajstić information content (AvgIpc) is 2.75. The lowest BCUT2D eigenvalue weighted by molar-refractivity contribution is -0.140. The first-order chi connectivity index (χ1) is 10.1. The Morgan fingerprint density at radius 2 is 2.00 bits per heavy atom. The number of amides is 2. The van der Waals surface area contributed by atoms with Crippen molar-refractivity contribution in [2.45, 2.75) is 58.5 Å². The quantitative estimate of drug-likeness (QED) is 0.819. The van der Waals surface area contributed by atoms with E-state index in [0.29, 0.717) is 0 Å². The molecule has 1 aromatic carbocycles. The minimum atomic E-state index is -0.426. The van der Waals surface area contributed by atoms with E-state index < -0.39 is 6.04 Å². The van der Waals surface area contributed by atoms with Gasteiger partial charge in [0.1, 0.15) is 6.04 Å². The molecule has 1 fully saturated rings. The Morgan fingerprint density at radius 3 is 2.67 bits per heavy atom. The Balaban J connectivity index is 2.14. The van der Waals surface area contributed by atoms with E-state index >= 15 is 0 Å². The first kappa shape index (κ1) is 15.5. The molecule has 1 saturated heterocycles. The van der Waals surface area contributed by atoms with Crippen molar-refractivity contribution >= 4 is 17.5 Å². The zero-order valence-electron chi connectivity index (χ0n) is 13.1. The highest BCUT2D eigenvalue weighted by molar-refractivity contribution is 6.07. The second kappa shape index (κ2) is 6.74. The Labute approximate surface area is 126 Å². The summed E-state index contributed by atoms with van der Waals surface area (Å²) < 4.78 is 0. The Morgan fingerprint density at radius 1 is 1.29 bits per heavy atom. The zero-order valence-corrected chi connectivity index (χ0v) is 13.1. The van der Waals surface area contributed by atoms with Gasteiger partial charge in [0.15, 0.2) is 0 Å². The Hall–Kier alpha value is -1.84. The summed E-state index contributed by atoms with van der Waals surface area (Å²) in [5.41, 5.74) is 2.17. The maximum atomic E-state index is 12.4. The minimum absolute atomic E-state index is 0.0253. The van der Waals surface area contributed by atoms with Gasteiger partial charge in [-0.2, -0.15) is 0 Å². The normalized spacial score (nSPS) is 20.0. The van der Waals surface area contributed by atoms with Gasteiger partial charge in [-0.3, -0.25) is 14.5 Å². The zero-order chi connectivity index (χ0) is 15.4. The largest absolute Gasteiger partial charge is 0.373 e. The standard InChI is InChI=1S/C17H24N2O2/c1-4-8-13-9-6-7-10-14(13)18-15-11-16(20)19(17(15)21)12(3)5-2/h6-7,9-10,12,15,18H,4-5,8,11H2,1-3H3. The molecule has 2 amide bonds. The van der Waals surface area contributed by atoms with Crippen molar-refractivity contribution in [1.29, 1.82) is 0 Å². The summed E-state index contributed by atoms with van der Waals surface area (Å²) >= 11 is 0. The van der Waals surface area contributed by atoms with E-state index in [1.54, 1.807) is 0 Å². The fourth-order valence-electron chi connectivity index (χ4n) is 2.75. The van der Waals surface area contributed by atoms with Crippen molar-refractivity contribution in [3.05, 3.63) is 29.8 Å². The predicted molar refractivity (Wildman–Crippen MR) is 84.1 cm³/mol. The van der Waals surface area contributed by atoms with Gasteiger partial charge < -0.3 is 5.32 Å². The SMILES string of the molecule is CCCc1ccccc1NC1CC(=O)N(C(C)CC)C1=O. The average molecular weight is 288 g/mol. The molecule has 21 heavy (non-hydrogen) atoms. The van der Waals surface area contributed by atoms with Gasteiger partial charge in [0.25, 0.3) is 5.91 Å². The van der Waals surface area contributed by atoms with E-state index in [-0.39, 0.29) is 24.3 Å². The number of nitrogens with one attached hydrogen (secondary N) is 1. The van der Waals surface area contributed by atoms with Crippen LogP contribution in [-0.2, 0) is 16.0 Å².